The molecule has 1 saturated heterocycles. The van der Waals surface area contributed by atoms with Gasteiger partial charge in [0.05, 0.1) is 21.1 Å². The molecule has 8 nitrogen and oxygen atoms in total. The van der Waals surface area contributed by atoms with Gasteiger partial charge >= 0.3 is 0 Å². The second kappa shape index (κ2) is 16.8. The summed E-state index contributed by atoms with van der Waals surface area (Å²) >= 11 is 13.2. The Balaban J connectivity index is 0.000000179. The van der Waals surface area contributed by atoms with Crippen LogP contribution in [0.25, 0.3) is 21.8 Å². The molecule has 1 atom stereocenters. The largest absolute Gasteiger partial charge is 0.351 e. The molecule has 0 bridgehead atoms. The van der Waals surface area contributed by atoms with Crippen LogP contribution in [-0.4, -0.2) is 84.4 Å². The number of amides is 2. The minimum absolute atomic E-state index is 0.0106. The van der Waals surface area contributed by atoms with Crippen molar-refractivity contribution in [1.82, 2.24) is 30.4 Å². The molecule has 2 aromatic carbocycles. The van der Waals surface area contributed by atoms with E-state index in [1.54, 1.807) is 0 Å². The smallest absolute Gasteiger partial charge is 0.251 e. The molecule has 2 amide bonds. The van der Waals surface area contributed by atoms with E-state index in [9.17, 15) is 9.59 Å². The number of likely N-dealkylation sites (tertiary alicyclic amines) is 1. The van der Waals surface area contributed by atoms with Gasteiger partial charge in [0.25, 0.3) is 11.8 Å². The highest BCUT2D eigenvalue weighted by atomic mass is 35.5. The van der Waals surface area contributed by atoms with E-state index in [1.807, 2.05) is 50.5 Å². The maximum Gasteiger partial charge on any atom is 0.251 e. The average Bonchev–Trinajstić information content (AvgIpc) is 3.60. The van der Waals surface area contributed by atoms with E-state index in [2.05, 4.69) is 41.2 Å². The summed E-state index contributed by atoms with van der Waals surface area (Å²) in [5, 5.41) is 9.69. The third kappa shape index (κ3) is 8.90. The lowest BCUT2D eigenvalue weighted by atomic mass is 9.92. The summed E-state index contributed by atoms with van der Waals surface area (Å²) in [6.45, 7) is 10.9. The summed E-state index contributed by atoms with van der Waals surface area (Å²) < 4.78 is 0. The Morgan fingerprint density at radius 2 is 1.33 bits per heavy atom. The van der Waals surface area contributed by atoms with Gasteiger partial charge in [0.1, 0.15) is 0 Å². The molecule has 1 fully saturated rings. The summed E-state index contributed by atoms with van der Waals surface area (Å²) in [4.78, 5) is 39.4. The molecule has 52 heavy (non-hydrogen) atoms. The molecule has 0 unspecified atom stereocenters. The summed E-state index contributed by atoms with van der Waals surface area (Å²) in [5.74, 6) is -0.0835. The van der Waals surface area contributed by atoms with Crippen molar-refractivity contribution in [3.63, 3.8) is 0 Å². The fourth-order valence-electron chi connectivity index (χ4n) is 8.21. The third-order valence-electron chi connectivity index (χ3n) is 10.8. The lowest BCUT2D eigenvalue weighted by molar-refractivity contribution is 0.0926. The number of pyridine rings is 2. The first kappa shape index (κ1) is 38.4. The summed E-state index contributed by atoms with van der Waals surface area (Å²) in [6, 6.07) is 11.8. The molecule has 7 rings (SSSR count). The van der Waals surface area contributed by atoms with Crippen molar-refractivity contribution in [2.24, 2.45) is 5.41 Å². The first-order chi connectivity index (χ1) is 24.9. The quantitative estimate of drug-likeness (QED) is 0.180. The molecule has 278 valence electrons. The molecule has 3 heterocycles. The molecule has 1 aliphatic heterocycles. The van der Waals surface area contributed by atoms with Gasteiger partial charge in [0, 0.05) is 59.0 Å². The van der Waals surface area contributed by atoms with Crippen LogP contribution in [0.2, 0.25) is 10.0 Å². The van der Waals surface area contributed by atoms with Crippen LogP contribution in [0.5, 0.6) is 0 Å². The zero-order valence-electron chi connectivity index (χ0n) is 31.5. The Morgan fingerprint density at radius 1 is 0.808 bits per heavy atom. The van der Waals surface area contributed by atoms with Gasteiger partial charge in [-0.3, -0.25) is 24.5 Å². The topological polar surface area (TPSA) is 90.5 Å². The van der Waals surface area contributed by atoms with Crippen LogP contribution in [0.4, 0.5) is 0 Å². The van der Waals surface area contributed by atoms with Gasteiger partial charge in [-0.05, 0) is 132 Å². The van der Waals surface area contributed by atoms with Crippen LogP contribution >= 0.6 is 23.2 Å². The van der Waals surface area contributed by atoms with E-state index >= 15 is 0 Å². The summed E-state index contributed by atoms with van der Waals surface area (Å²) in [7, 11) is 4.09. The number of aromatic nitrogens is 2. The molecule has 0 spiro atoms. The molecule has 0 saturated carbocycles. The molecule has 3 aliphatic rings. The normalized spacial score (nSPS) is 17.4. The SMILES string of the molecule is CCN1CCC[C@H]1CNC(=O)c1ccc2c(Cl)c3c(nc2c1)CCCC3.CN(C)CC(C)(C)CNC(=O)c1ccc2c(Cl)c3c(nc2c1)CCCC3. The van der Waals surface area contributed by atoms with Crippen LogP contribution in [0.1, 0.15) is 103 Å². The molecule has 0 radical (unpaired) electrons. The maximum absolute atomic E-state index is 12.6. The highest BCUT2D eigenvalue weighted by molar-refractivity contribution is 6.36. The van der Waals surface area contributed by atoms with Crippen LogP contribution in [0.15, 0.2) is 36.4 Å². The number of rotatable bonds is 9. The number of halogens is 2. The number of hydrogen-bond donors (Lipinski definition) is 2. The highest BCUT2D eigenvalue weighted by Gasteiger charge is 2.25. The fraction of sp³-hybridized carbons (Fsp3) is 0.524. The number of benzene rings is 2. The standard InChI is InChI=1S/C21H26ClN3O.C21H28ClN3O/c1-2-25-11-5-6-15(25)13-23-21(26)14-9-10-17-19(12-14)24-18-8-4-3-7-16(18)20(17)22;1-21(2,13-25(3)4)12-23-20(26)14-9-10-16-18(11-14)24-17-8-6-5-7-15(17)19(16)22/h9-10,12,15H,2-8,11,13H2,1H3,(H,23,26);9-11H,5-8,12-13H2,1-4H3,(H,23,26)/t15-;/m0./s1. The van der Waals surface area contributed by atoms with Crippen molar-refractivity contribution in [2.75, 3.05) is 46.8 Å². The van der Waals surface area contributed by atoms with Crippen molar-refractivity contribution in [3.8, 4) is 0 Å². The first-order valence-corrected chi connectivity index (χ1v) is 19.9. The Labute approximate surface area is 319 Å². The average molecular weight is 746 g/mol. The van der Waals surface area contributed by atoms with Gasteiger partial charge < -0.3 is 15.5 Å². The predicted molar refractivity (Wildman–Crippen MR) is 214 cm³/mol. The minimum Gasteiger partial charge on any atom is -0.351 e. The van der Waals surface area contributed by atoms with Gasteiger partial charge in [0.2, 0.25) is 0 Å². The minimum atomic E-state index is -0.0608. The summed E-state index contributed by atoms with van der Waals surface area (Å²) in [5.41, 5.74) is 7.55. The Kier molecular flexibility index (Phi) is 12.4. The highest BCUT2D eigenvalue weighted by Crippen LogP contribution is 2.34. The van der Waals surface area contributed by atoms with Crippen molar-refractivity contribution in [3.05, 3.63) is 80.1 Å². The van der Waals surface area contributed by atoms with Crippen molar-refractivity contribution < 1.29 is 9.59 Å². The number of nitrogens with zero attached hydrogens (tertiary/aromatic N) is 4. The van der Waals surface area contributed by atoms with Gasteiger partial charge in [0.15, 0.2) is 0 Å². The predicted octanol–water partition coefficient (Wildman–Crippen LogP) is 8.07. The van der Waals surface area contributed by atoms with Gasteiger partial charge in [-0.25, -0.2) is 0 Å². The monoisotopic (exact) mass is 744 g/mol. The molecular formula is C42H54Cl2N6O2. The van der Waals surface area contributed by atoms with E-state index in [-0.39, 0.29) is 17.2 Å². The fourth-order valence-corrected chi connectivity index (χ4v) is 8.93. The zero-order chi connectivity index (χ0) is 37.0. The van der Waals surface area contributed by atoms with E-state index in [4.69, 9.17) is 33.2 Å². The van der Waals surface area contributed by atoms with Crippen molar-refractivity contribution in [2.45, 2.75) is 91.0 Å². The van der Waals surface area contributed by atoms with E-state index < -0.39 is 0 Å². The van der Waals surface area contributed by atoms with Crippen LogP contribution in [0.3, 0.4) is 0 Å². The number of hydrogen-bond acceptors (Lipinski definition) is 6. The second-order valence-corrected chi connectivity index (χ2v) is 16.6. The molecule has 4 aromatic rings. The summed E-state index contributed by atoms with van der Waals surface area (Å²) in [6.07, 6.45) is 11.0. The Hall–Kier alpha value is -3.30. The number of carbonyl (C=O) groups excluding carboxylic acids is 2. The van der Waals surface area contributed by atoms with E-state index in [0.717, 1.165) is 108 Å². The van der Waals surface area contributed by atoms with Gasteiger partial charge in [-0.15, -0.1) is 0 Å². The molecular weight excluding hydrogens is 691 g/mol. The number of carbonyl (C=O) groups is 2. The Morgan fingerprint density at radius 3 is 1.85 bits per heavy atom. The zero-order valence-corrected chi connectivity index (χ0v) is 33.0. The molecule has 2 aromatic heterocycles. The number of fused-ring (bicyclic) bond motifs is 4. The van der Waals surface area contributed by atoms with Crippen molar-refractivity contribution >= 4 is 56.8 Å². The third-order valence-corrected chi connectivity index (χ3v) is 11.6. The number of aryl methyl sites for hydroxylation is 2. The van der Waals surface area contributed by atoms with Crippen LogP contribution in [0, 0.1) is 5.41 Å². The van der Waals surface area contributed by atoms with E-state index in [1.165, 1.54) is 30.4 Å². The lowest BCUT2D eigenvalue weighted by Crippen LogP contribution is -2.40. The van der Waals surface area contributed by atoms with Gasteiger partial charge in [-0.2, -0.15) is 0 Å². The van der Waals surface area contributed by atoms with Crippen LogP contribution in [-0.2, 0) is 25.7 Å². The number of likely N-dealkylation sites (N-methyl/N-ethyl adjacent to an activating group) is 1. The second-order valence-electron chi connectivity index (χ2n) is 15.8. The molecule has 2 aliphatic carbocycles. The molecule has 10 heteroatoms. The maximum atomic E-state index is 12.6. The van der Waals surface area contributed by atoms with Gasteiger partial charge in [-0.1, -0.05) is 56.1 Å². The van der Waals surface area contributed by atoms with Crippen molar-refractivity contribution in [1.29, 1.82) is 0 Å². The first-order valence-electron chi connectivity index (χ1n) is 19.1. The Bertz CT molecular complexity index is 1940. The molecule has 2 N–H and O–H groups in total. The lowest BCUT2D eigenvalue weighted by Gasteiger charge is -2.28. The van der Waals surface area contributed by atoms with Crippen LogP contribution < -0.4 is 10.6 Å². The number of nitrogens with one attached hydrogen (secondary N) is 2. The van der Waals surface area contributed by atoms with E-state index in [0.29, 0.717) is 30.3 Å².